The van der Waals surface area contributed by atoms with Crippen molar-refractivity contribution in [2.24, 2.45) is 17.9 Å². The summed E-state index contributed by atoms with van der Waals surface area (Å²) in [6.45, 7) is 8.71. The van der Waals surface area contributed by atoms with Crippen LogP contribution in [0.1, 0.15) is 45.6 Å². The number of carboxylic acid groups (broad SMARTS) is 1. The number of pyridine rings is 2. The van der Waals surface area contributed by atoms with Gasteiger partial charge < -0.3 is 14.9 Å². The summed E-state index contributed by atoms with van der Waals surface area (Å²) in [5.41, 5.74) is 4.67. The van der Waals surface area contributed by atoms with Gasteiger partial charge in [-0.1, -0.05) is 20.8 Å². The largest absolute Gasteiger partial charge is 0.465 e. The Morgan fingerprint density at radius 3 is 2.55 bits per heavy atom. The number of hydrogen-bond acceptors (Lipinski definition) is 6. The van der Waals surface area contributed by atoms with E-state index in [0.717, 1.165) is 65.9 Å². The highest BCUT2D eigenvalue weighted by atomic mass is 16.4. The van der Waals surface area contributed by atoms with Gasteiger partial charge in [0.25, 0.3) is 0 Å². The van der Waals surface area contributed by atoms with Crippen molar-refractivity contribution in [3.63, 3.8) is 0 Å². The summed E-state index contributed by atoms with van der Waals surface area (Å²) in [6.07, 6.45) is 11.2. The number of carbonyl (C=O) groups is 1. The maximum Gasteiger partial charge on any atom is 0.407 e. The van der Waals surface area contributed by atoms with Crippen LogP contribution in [0.4, 0.5) is 10.6 Å². The zero-order valence-corrected chi connectivity index (χ0v) is 23.4. The third-order valence-corrected chi connectivity index (χ3v) is 8.57. The molecule has 4 aromatic heterocycles. The molecule has 1 amide bonds. The van der Waals surface area contributed by atoms with Crippen molar-refractivity contribution in [1.29, 1.82) is 5.26 Å². The second-order valence-electron chi connectivity index (χ2n) is 12.3. The predicted octanol–water partition coefficient (Wildman–Crippen LogP) is 5.05. The highest BCUT2D eigenvalue weighted by Crippen LogP contribution is 2.51. The summed E-state index contributed by atoms with van der Waals surface area (Å²) in [5.74, 6) is 0.887. The van der Waals surface area contributed by atoms with E-state index < -0.39 is 6.09 Å². The number of nitrogens with zero attached hydrogens (tertiary/aromatic N) is 8. The molecule has 0 aromatic carbocycles. The van der Waals surface area contributed by atoms with E-state index in [1.165, 1.54) is 0 Å². The Balaban J connectivity index is 1.35. The molecule has 1 spiro atoms. The molecule has 6 heterocycles. The van der Waals surface area contributed by atoms with Crippen LogP contribution in [0.3, 0.4) is 0 Å². The summed E-state index contributed by atoms with van der Waals surface area (Å²) in [6, 6.07) is 8.38. The number of piperidine rings is 1. The standard InChI is InChI=1S/C30H34N8O2/c1-29(2,3)27-30(9-11-37(27)28(39)40)8-5-10-36(19-30)25-7-6-20(14-32-25)24-12-21(23-16-33-35(4)17-23)18-38-26(24)22(13-31)15-34-38/h6-7,12,14-18,27H,5,8-11,19H2,1-4H3,(H,39,40). The Labute approximate surface area is 233 Å². The van der Waals surface area contributed by atoms with Gasteiger partial charge in [0, 0.05) is 79.0 Å². The minimum Gasteiger partial charge on any atom is -0.465 e. The van der Waals surface area contributed by atoms with Gasteiger partial charge in [-0.15, -0.1) is 0 Å². The van der Waals surface area contributed by atoms with Crippen molar-refractivity contribution >= 4 is 17.4 Å². The average molecular weight is 539 g/mol. The van der Waals surface area contributed by atoms with Crippen molar-refractivity contribution in [2.45, 2.75) is 46.1 Å². The molecule has 2 atom stereocenters. The van der Waals surface area contributed by atoms with E-state index in [0.29, 0.717) is 12.1 Å². The number of likely N-dealkylation sites (tertiary alicyclic amines) is 1. The molecule has 40 heavy (non-hydrogen) atoms. The first-order valence-corrected chi connectivity index (χ1v) is 13.7. The second-order valence-corrected chi connectivity index (χ2v) is 12.3. The van der Waals surface area contributed by atoms with E-state index in [4.69, 9.17) is 4.98 Å². The van der Waals surface area contributed by atoms with Crippen molar-refractivity contribution in [2.75, 3.05) is 24.5 Å². The molecule has 2 aliphatic rings. The number of amides is 1. The van der Waals surface area contributed by atoms with Gasteiger partial charge >= 0.3 is 6.09 Å². The zero-order chi connectivity index (χ0) is 28.2. The van der Waals surface area contributed by atoms with Gasteiger partial charge in [-0.05, 0) is 42.9 Å². The van der Waals surface area contributed by atoms with Crippen LogP contribution in [-0.2, 0) is 7.05 Å². The molecule has 2 aliphatic heterocycles. The van der Waals surface area contributed by atoms with Crippen molar-refractivity contribution < 1.29 is 9.90 Å². The van der Waals surface area contributed by atoms with Gasteiger partial charge in [-0.25, -0.2) is 14.3 Å². The molecular formula is C30H34N8O2. The smallest absolute Gasteiger partial charge is 0.407 e. The monoisotopic (exact) mass is 538 g/mol. The Morgan fingerprint density at radius 2 is 1.90 bits per heavy atom. The molecule has 2 fully saturated rings. The molecule has 0 aliphatic carbocycles. The number of hydrogen-bond donors (Lipinski definition) is 1. The molecule has 10 nitrogen and oxygen atoms in total. The first-order chi connectivity index (χ1) is 19.1. The Morgan fingerprint density at radius 1 is 1.07 bits per heavy atom. The highest BCUT2D eigenvalue weighted by molar-refractivity contribution is 5.87. The molecule has 2 unspecified atom stereocenters. The van der Waals surface area contributed by atoms with Crippen LogP contribution in [0.15, 0.2) is 49.2 Å². The highest BCUT2D eigenvalue weighted by Gasteiger charge is 2.55. The van der Waals surface area contributed by atoms with Gasteiger partial charge in [0.15, 0.2) is 0 Å². The Kier molecular flexibility index (Phi) is 6.06. The van der Waals surface area contributed by atoms with Gasteiger partial charge in [0.2, 0.25) is 0 Å². The summed E-state index contributed by atoms with van der Waals surface area (Å²) < 4.78 is 3.51. The first-order valence-electron chi connectivity index (χ1n) is 13.7. The van der Waals surface area contributed by atoms with Crippen LogP contribution in [0, 0.1) is 22.2 Å². The fourth-order valence-corrected chi connectivity index (χ4v) is 7.20. The number of fused-ring (bicyclic) bond motifs is 1. The van der Waals surface area contributed by atoms with E-state index in [9.17, 15) is 15.2 Å². The van der Waals surface area contributed by atoms with Crippen LogP contribution in [0.5, 0.6) is 0 Å². The average Bonchev–Trinajstić information content (AvgIpc) is 3.65. The first kappa shape index (κ1) is 25.9. The molecule has 6 rings (SSSR count). The topological polar surface area (TPSA) is 116 Å². The van der Waals surface area contributed by atoms with E-state index in [1.807, 2.05) is 37.9 Å². The lowest BCUT2D eigenvalue weighted by Gasteiger charge is -2.49. The van der Waals surface area contributed by atoms with Crippen molar-refractivity contribution in [3.05, 3.63) is 54.7 Å². The number of aryl methyl sites for hydroxylation is 1. The molecule has 2 saturated heterocycles. The number of anilines is 1. The number of rotatable bonds is 3. The van der Waals surface area contributed by atoms with Crippen LogP contribution in [0.2, 0.25) is 0 Å². The molecule has 0 bridgehead atoms. The van der Waals surface area contributed by atoms with Crippen LogP contribution >= 0.6 is 0 Å². The second kappa shape index (κ2) is 9.37. The van der Waals surface area contributed by atoms with E-state index in [2.05, 4.69) is 54.1 Å². The fraction of sp³-hybridized carbons (Fsp3) is 0.433. The maximum absolute atomic E-state index is 12.1. The molecule has 0 saturated carbocycles. The van der Waals surface area contributed by atoms with Gasteiger partial charge in [-0.3, -0.25) is 4.68 Å². The van der Waals surface area contributed by atoms with Crippen molar-refractivity contribution in [3.8, 4) is 28.3 Å². The lowest BCUT2D eigenvalue weighted by atomic mass is 9.65. The third kappa shape index (κ3) is 4.26. The lowest BCUT2D eigenvalue weighted by molar-refractivity contribution is 0.0441. The molecule has 1 N–H and O–H groups in total. The molecule has 206 valence electrons. The van der Waals surface area contributed by atoms with E-state index in [1.54, 1.807) is 20.3 Å². The molecule has 10 heteroatoms. The van der Waals surface area contributed by atoms with Crippen molar-refractivity contribution in [1.82, 2.24) is 29.3 Å². The summed E-state index contributed by atoms with van der Waals surface area (Å²) in [7, 11) is 1.88. The third-order valence-electron chi connectivity index (χ3n) is 8.57. The zero-order valence-electron chi connectivity index (χ0n) is 23.4. The number of nitriles is 1. The quantitative estimate of drug-likeness (QED) is 0.388. The van der Waals surface area contributed by atoms with Crippen LogP contribution in [-0.4, -0.2) is 66.2 Å². The molecule has 4 aromatic rings. The van der Waals surface area contributed by atoms with E-state index >= 15 is 0 Å². The SMILES string of the molecule is Cn1cc(-c2cc(-c3ccc(N4CCCC5(CCN(C(=O)O)C5C(C)(C)C)C4)nc3)c3c(C#N)cnn3c2)cn1. The lowest BCUT2D eigenvalue weighted by Crippen LogP contribution is -2.56. The maximum atomic E-state index is 12.1. The van der Waals surface area contributed by atoms with Crippen LogP contribution in [0.25, 0.3) is 27.8 Å². The summed E-state index contributed by atoms with van der Waals surface area (Å²) in [5, 5.41) is 28.4. The Hall–Kier alpha value is -4.39. The summed E-state index contributed by atoms with van der Waals surface area (Å²) in [4.78, 5) is 21.0. The summed E-state index contributed by atoms with van der Waals surface area (Å²) >= 11 is 0. The van der Waals surface area contributed by atoms with Crippen LogP contribution < -0.4 is 4.90 Å². The minimum absolute atomic E-state index is 0.0469. The van der Waals surface area contributed by atoms with Gasteiger partial charge in [0.05, 0.1) is 23.5 Å². The normalized spacial score (nSPS) is 21.3. The fourth-order valence-electron chi connectivity index (χ4n) is 7.20. The van der Waals surface area contributed by atoms with Gasteiger partial charge in [0.1, 0.15) is 11.9 Å². The number of aromatic nitrogens is 5. The Bertz CT molecular complexity index is 1620. The molecule has 0 radical (unpaired) electrons. The van der Waals surface area contributed by atoms with E-state index in [-0.39, 0.29) is 16.9 Å². The minimum atomic E-state index is -0.826. The van der Waals surface area contributed by atoms with Gasteiger partial charge in [-0.2, -0.15) is 15.5 Å². The predicted molar refractivity (Wildman–Crippen MR) is 152 cm³/mol. The molecular weight excluding hydrogens is 504 g/mol.